The van der Waals surface area contributed by atoms with E-state index in [1.54, 1.807) is 0 Å². The zero-order valence-electron chi connectivity index (χ0n) is 13.9. The van der Waals surface area contributed by atoms with Crippen LogP contribution in [0.25, 0.3) is 0 Å². The summed E-state index contributed by atoms with van der Waals surface area (Å²) in [5.74, 6) is 0. The van der Waals surface area contributed by atoms with Crippen LogP contribution in [0.5, 0.6) is 0 Å². The highest BCUT2D eigenvalue weighted by Gasteiger charge is 2.44. The molecule has 1 aromatic rings. The maximum atomic E-state index is 3.88. The first-order chi connectivity index (χ1) is 10.1. The lowest BCUT2D eigenvalue weighted by molar-refractivity contribution is 0.0570. The Kier molecular flexibility index (Phi) is 4.11. The molecule has 1 aromatic carbocycles. The van der Waals surface area contributed by atoms with E-state index in [4.69, 9.17) is 0 Å². The van der Waals surface area contributed by atoms with E-state index in [0.717, 1.165) is 6.54 Å². The van der Waals surface area contributed by atoms with E-state index < -0.39 is 0 Å². The zero-order valence-corrected chi connectivity index (χ0v) is 13.9. The van der Waals surface area contributed by atoms with Crippen molar-refractivity contribution in [2.45, 2.75) is 58.0 Å². The van der Waals surface area contributed by atoms with E-state index in [9.17, 15) is 0 Å². The lowest BCUT2D eigenvalue weighted by Crippen LogP contribution is -2.61. The molecule has 2 nitrogen and oxygen atoms in total. The van der Waals surface area contributed by atoms with E-state index in [1.807, 2.05) is 0 Å². The van der Waals surface area contributed by atoms with Crippen LogP contribution in [0.2, 0.25) is 0 Å². The van der Waals surface area contributed by atoms with Gasteiger partial charge in [0.25, 0.3) is 0 Å². The quantitative estimate of drug-likeness (QED) is 0.880. The Labute approximate surface area is 129 Å². The molecule has 1 aliphatic heterocycles. The van der Waals surface area contributed by atoms with Gasteiger partial charge in [-0.05, 0) is 36.7 Å². The van der Waals surface area contributed by atoms with Gasteiger partial charge in [-0.25, -0.2) is 0 Å². The SMILES string of the molecule is CCC1(CC)CN(CC2(C)CC2)C(c2ccccc2)CN1. The largest absolute Gasteiger partial charge is 0.308 e. The standard InChI is InChI=1S/C19H30N2/c1-4-19(5-2)15-21(14-18(3)11-12-18)17(13-20-19)16-9-7-6-8-10-16/h6-10,17,20H,4-5,11-15H2,1-3H3. The molecular formula is C19H30N2. The Balaban J connectivity index is 1.82. The van der Waals surface area contributed by atoms with Crippen molar-refractivity contribution < 1.29 is 0 Å². The predicted molar refractivity (Wildman–Crippen MR) is 89.4 cm³/mol. The second kappa shape index (κ2) is 5.73. The van der Waals surface area contributed by atoms with Gasteiger partial charge in [-0.3, -0.25) is 4.90 Å². The molecule has 1 N–H and O–H groups in total. The first-order valence-electron chi connectivity index (χ1n) is 8.64. The summed E-state index contributed by atoms with van der Waals surface area (Å²) in [5, 5.41) is 3.88. The summed E-state index contributed by atoms with van der Waals surface area (Å²) in [7, 11) is 0. The molecule has 1 saturated carbocycles. The third-order valence-corrected chi connectivity index (χ3v) is 5.84. The van der Waals surface area contributed by atoms with Crippen molar-refractivity contribution in [3.63, 3.8) is 0 Å². The minimum atomic E-state index is 0.316. The number of hydrogen-bond acceptors (Lipinski definition) is 2. The fraction of sp³-hybridized carbons (Fsp3) is 0.684. The lowest BCUT2D eigenvalue weighted by atomic mass is 9.86. The van der Waals surface area contributed by atoms with Gasteiger partial charge < -0.3 is 5.32 Å². The smallest absolute Gasteiger partial charge is 0.0473 e. The minimum Gasteiger partial charge on any atom is -0.308 e. The molecule has 0 spiro atoms. The topological polar surface area (TPSA) is 15.3 Å². The maximum Gasteiger partial charge on any atom is 0.0473 e. The Morgan fingerprint density at radius 2 is 1.81 bits per heavy atom. The monoisotopic (exact) mass is 286 g/mol. The van der Waals surface area contributed by atoms with Gasteiger partial charge >= 0.3 is 0 Å². The molecule has 3 rings (SSSR count). The molecule has 1 saturated heterocycles. The van der Waals surface area contributed by atoms with Gasteiger partial charge in [0.2, 0.25) is 0 Å². The maximum absolute atomic E-state index is 3.88. The van der Waals surface area contributed by atoms with Crippen molar-refractivity contribution in [3.05, 3.63) is 35.9 Å². The number of benzene rings is 1. The van der Waals surface area contributed by atoms with Gasteiger partial charge in [0.15, 0.2) is 0 Å². The number of rotatable bonds is 5. The molecule has 116 valence electrons. The van der Waals surface area contributed by atoms with Gasteiger partial charge in [0.05, 0.1) is 0 Å². The molecule has 2 fully saturated rings. The van der Waals surface area contributed by atoms with Crippen LogP contribution in [0.1, 0.15) is 58.1 Å². The Hall–Kier alpha value is -0.860. The van der Waals surface area contributed by atoms with Gasteiger partial charge in [0, 0.05) is 31.2 Å². The Morgan fingerprint density at radius 3 is 2.38 bits per heavy atom. The van der Waals surface area contributed by atoms with Crippen LogP contribution in [0.15, 0.2) is 30.3 Å². The highest BCUT2D eigenvalue weighted by Crippen LogP contribution is 2.47. The molecule has 2 aliphatic rings. The van der Waals surface area contributed by atoms with Crippen molar-refractivity contribution in [2.24, 2.45) is 5.41 Å². The number of nitrogens with zero attached hydrogens (tertiary/aromatic N) is 1. The number of nitrogens with one attached hydrogen (secondary N) is 1. The van der Waals surface area contributed by atoms with Crippen LogP contribution in [0, 0.1) is 5.41 Å². The third-order valence-electron chi connectivity index (χ3n) is 5.84. The van der Waals surface area contributed by atoms with E-state index >= 15 is 0 Å². The first kappa shape index (κ1) is 15.1. The molecule has 0 radical (unpaired) electrons. The van der Waals surface area contributed by atoms with Crippen LogP contribution in [-0.2, 0) is 0 Å². The molecule has 1 heterocycles. The molecule has 0 amide bonds. The molecule has 1 aliphatic carbocycles. The third kappa shape index (κ3) is 3.17. The molecule has 2 heteroatoms. The van der Waals surface area contributed by atoms with Gasteiger partial charge in [-0.1, -0.05) is 51.1 Å². The minimum absolute atomic E-state index is 0.316. The summed E-state index contributed by atoms with van der Waals surface area (Å²) >= 11 is 0. The lowest BCUT2D eigenvalue weighted by Gasteiger charge is -2.48. The van der Waals surface area contributed by atoms with Crippen LogP contribution in [0.3, 0.4) is 0 Å². The van der Waals surface area contributed by atoms with E-state index in [1.165, 1.54) is 44.3 Å². The molecule has 21 heavy (non-hydrogen) atoms. The van der Waals surface area contributed by atoms with Crippen molar-refractivity contribution in [2.75, 3.05) is 19.6 Å². The summed E-state index contributed by atoms with van der Waals surface area (Å²) in [6, 6.07) is 11.6. The molecule has 1 unspecified atom stereocenters. The normalized spacial score (nSPS) is 27.5. The van der Waals surface area contributed by atoms with Crippen molar-refractivity contribution >= 4 is 0 Å². The second-order valence-electron chi connectivity index (χ2n) is 7.51. The summed E-state index contributed by atoms with van der Waals surface area (Å²) < 4.78 is 0. The van der Waals surface area contributed by atoms with Gasteiger partial charge in [-0.15, -0.1) is 0 Å². The highest BCUT2D eigenvalue weighted by molar-refractivity contribution is 5.21. The number of piperazine rings is 1. The van der Waals surface area contributed by atoms with Gasteiger partial charge in [0.1, 0.15) is 0 Å². The van der Waals surface area contributed by atoms with Crippen molar-refractivity contribution in [1.29, 1.82) is 0 Å². The van der Waals surface area contributed by atoms with Crippen LogP contribution >= 0.6 is 0 Å². The number of hydrogen-bond donors (Lipinski definition) is 1. The van der Waals surface area contributed by atoms with E-state index in [-0.39, 0.29) is 0 Å². The van der Waals surface area contributed by atoms with Gasteiger partial charge in [-0.2, -0.15) is 0 Å². The molecule has 0 bridgehead atoms. The second-order valence-corrected chi connectivity index (χ2v) is 7.51. The van der Waals surface area contributed by atoms with Crippen LogP contribution < -0.4 is 5.32 Å². The summed E-state index contributed by atoms with van der Waals surface area (Å²) in [6.45, 7) is 10.6. The van der Waals surface area contributed by atoms with Crippen molar-refractivity contribution in [3.8, 4) is 0 Å². The Bertz CT molecular complexity index is 460. The van der Waals surface area contributed by atoms with Crippen LogP contribution in [-0.4, -0.2) is 30.1 Å². The summed E-state index contributed by atoms with van der Waals surface area (Å²) in [4.78, 5) is 2.77. The highest BCUT2D eigenvalue weighted by atomic mass is 15.3. The fourth-order valence-electron chi connectivity index (χ4n) is 3.75. The first-order valence-corrected chi connectivity index (χ1v) is 8.64. The summed E-state index contributed by atoms with van der Waals surface area (Å²) in [6.07, 6.45) is 5.25. The van der Waals surface area contributed by atoms with Crippen molar-refractivity contribution in [1.82, 2.24) is 10.2 Å². The molecule has 0 aromatic heterocycles. The summed E-state index contributed by atoms with van der Waals surface area (Å²) in [5.41, 5.74) is 2.36. The predicted octanol–water partition coefficient (Wildman–Crippen LogP) is 3.99. The van der Waals surface area contributed by atoms with E-state index in [2.05, 4.69) is 61.3 Å². The Morgan fingerprint density at radius 1 is 1.14 bits per heavy atom. The molecular weight excluding hydrogens is 256 g/mol. The van der Waals surface area contributed by atoms with Crippen LogP contribution in [0.4, 0.5) is 0 Å². The average Bonchev–Trinajstić information content (AvgIpc) is 3.25. The average molecular weight is 286 g/mol. The molecule has 1 atom stereocenters. The fourth-order valence-corrected chi connectivity index (χ4v) is 3.75. The zero-order chi connectivity index (χ0) is 14.9. The van der Waals surface area contributed by atoms with E-state index in [0.29, 0.717) is 17.0 Å².